The number of halogens is 2. The van der Waals surface area contributed by atoms with Gasteiger partial charge in [-0.3, -0.25) is 4.79 Å². The van der Waals surface area contributed by atoms with Crippen LogP contribution in [0.1, 0.15) is 40.7 Å². The Hall–Kier alpha value is -2.40. The van der Waals surface area contributed by atoms with Crippen molar-refractivity contribution in [1.29, 1.82) is 0 Å². The molecule has 0 bridgehead atoms. The maximum Gasteiger partial charge on any atom is 0.271 e. The van der Waals surface area contributed by atoms with E-state index in [1.54, 1.807) is 18.2 Å². The van der Waals surface area contributed by atoms with Crippen molar-refractivity contribution in [2.45, 2.75) is 19.3 Å². The molecule has 6 heteroatoms. The predicted molar refractivity (Wildman–Crippen MR) is 86.6 cm³/mol. The Morgan fingerprint density at radius 3 is 2.91 bits per heavy atom. The molecule has 0 aromatic heterocycles. The average molecular weight is 333 g/mol. The summed E-state index contributed by atoms with van der Waals surface area (Å²) in [5, 5.41) is 14.5. The molecular formula is C17H14ClFN2O2. The molecule has 0 aliphatic heterocycles. The van der Waals surface area contributed by atoms with Crippen molar-refractivity contribution in [2.75, 3.05) is 0 Å². The van der Waals surface area contributed by atoms with Gasteiger partial charge in [0.25, 0.3) is 5.91 Å². The molecule has 1 aliphatic carbocycles. The number of amides is 1. The molecule has 0 spiro atoms. The summed E-state index contributed by atoms with van der Waals surface area (Å²) in [7, 11) is 0. The Balaban J connectivity index is 1.89. The van der Waals surface area contributed by atoms with E-state index < -0.39 is 5.91 Å². The highest BCUT2D eigenvalue weighted by Gasteiger charge is 2.30. The third-order valence-corrected chi connectivity index (χ3v) is 4.07. The van der Waals surface area contributed by atoms with Crippen LogP contribution in [0.15, 0.2) is 41.5 Å². The van der Waals surface area contributed by atoms with E-state index in [1.165, 1.54) is 18.2 Å². The van der Waals surface area contributed by atoms with Crippen molar-refractivity contribution in [2.24, 2.45) is 5.10 Å². The third-order valence-electron chi connectivity index (χ3n) is 3.83. The van der Waals surface area contributed by atoms with Gasteiger partial charge in [0.2, 0.25) is 0 Å². The zero-order chi connectivity index (χ0) is 16.6. The molecule has 118 valence electrons. The van der Waals surface area contributed by atoms with E-state index in [0.717, 1.165) is 0 Å². The summed E-state index contributed by atoms with van der Waals surface area (Å²) < 4.78 is 13.9. The highest BCUT2D eigenvalue weighted by molar-refractivity contribution is 6.31. The van der Waals surface area contributed by atoms with Gasteiger partial charge in [-0.1, -0.05) is 24.6 Å². The molecule has 0 unspecified atom stereocenters. The summed E-state index contributed by atoms with van der Waals surface area (Å²) >= 11 is 5.85. The quantitative estimate of drug-likeness (QED) is 0.821. The normalized spacial score (nSPS) is 18.0. The zero-order valence-electron chi connectivity index (χ0n) is 12.3. The van der Waals surface area contributed by atoms with E-state index in [0.29, 0.717) is 33.8 Å². The number of carbonyl (C=O) groups is 1. The molecule has 2 N–H and O–H groups in total. The lowest BCUT2D eigenvalue weighted by Gasteiger charge is -2.06. The van der Waals surface area contributed by atoms with Gasteiger partial charge in [0, 0.05) is 21.7 Å². The minimum atomic E-state index is -0.419. The fraction of sp³-hybridized carbons (Fsp3) is 0.176. The van der Waals surface area contributed by atoms with Crippen molar-refractivity contribution >= 4 is 23.2 Å². The number of hydrogen-bond donors (Lipinski definition) is 2. The molecule has 2 aromatic carbocycles. The van der Waals surface area contributed by atoms with Crippen molar-refractivity contribution in [3.63, 3.8) is 0 Å². The van der Waals surface area contributed by atoms with E-state index in [4.69, 9.17) is 11.6 Å². The van der Waals surface area contributed by atoms with Crippen LogP contribution in [-0.4, -0.2) is 16.7 Å². The Kier molecular flexibility index (Phi) is 4.05. The van der Waals surface area contributed by atoms with Crippen molar-refractivity contribution in [3.8, 4) is 5.75 Å². The van der Waals surface area contributed by atoms with Gasteiger partial charge < -0.3 is 5.11 Å². The standard InChI is InChI=1S/C17H14ClFN2O2/c1-9-7-13(16-14(22)6-5-12(19)15(9)16)20-21-17(23)10-3-2-4-11(18)8-10/h2-6,8-9,22H,7H2,1H3,(H,21,23)/b20-13+/t9-/m0/s1. The number of carbonyl (C=O) groups excluding carboxylic acids is 1. The number of benzene rings is 2. The topological polar surface area (TPSA) is 61.7 Å². The largest absolute Gasteiger partial charge is 0.507 e. The van der Waals surface area contributed by atoms with E-state index in [9.17, 15) is 14.3 Å². The zero-order valence-corrected chi connectivity index (χ0v) is 13.1. The van der Waals surface area contributed by atoms with Crippen molar-refractivity contribution in [1.82, 2.24) is 5.43 Å². The van der Waals surface area contributed by atoms with Crippen LogP contribution in [0.3, 0.4) is 0 Å². The van der Waals surface area contributed by atoms with Gasteiger partial charge in [-0.05, 0) is 42.7 Å². The number of phenols is 1. The van der Waals surface area contributed by atoms with Crippen LogP contribution in [0.4, 0.5) is 4.39 Å². The molecule has 0 radical (unpaired) electrons. The van der Waals surface area contributed by atoms with Crippen LogP contribution in [0.5, 0.6) is 5.75 Å². The number of fused-ring (bicyclic) bond motifs is 1. The van der Waals surface area contributed by atoms with Crippen LogP contribution in [0, 0.1) is 5.82 Å². The summed E-state index contributed by atoms with van der Waals surface area (Å²) in [5.41, 5.74) is 4.06. The number of hydrazone groups is 1. The molecule has 2 aromatic rings. The van der Waals surface area contributed by atoms with Gasteiger partial charge in [0.15, 0.2) is 0 Å². The average Bonchev–Trinajstić information content (AvgIpc) is 2.86. The first-order chi connectivity index (χ1) is 11.0. The first-order valence-electron chi connectivity index (χ1n) is 7.11. The minimum Gasteiger partial charge on any atom is -0.507 e. The Bertz CT molecular complexity index is 820. The molecule has 1 amide bonds. The van der Waals surface area contributed by atoms with Gasteiger partial charge in [0.1, 0.15) is 11.6 Å². The number of hydrogen-bond acceptors (Lipinski definition) is 3. The van der Waals surface area contributed by atoms with Gasteiger partial charge in [-0.15, -0.1) is 0 Å². The van der Waals surface area contributed by atoms with Crippen LogP contribution >= 0.6 is 11.6 Å². The van der Waals surface area contributed by atoms with Crippen LogP contribution in [0.25, 0.3) is 0 Å². The first kappa shape index (κ1) is 15.5. The monoisotopic (exact) mass is 332 g/mol. The van der Waals surface area contributed by atoms with Gasteiger partial charge in [0.05, 0.1) is 5.71 Å². The van der Waals surface area contributed by atoms with Crippen LogP contribution in [-0.2, 0) is 0 Å². The second kappa shape index (κ2) is 6.01. The van der Waals surface area contributed by atoms with Gasteiger partial charge in [-0.25, -0.2) is 9.82 Å². The molecule has 4 nitrogen and oxygen atoms in total. The smallest absolute Gasteiger partial charge is 0.271 e. The Morgan fingerprint density at radius 2 is 2.17 bits per heavy atom. The highest BCUT2D eigenvalue weighted by atomic mass is 35.5. The highest BCUT2D eigenvalue weighted by Crippen LogP contribution is 2.39. The van der Waals surface area contributed by atoms with E-state index in [-0.39, 0.29) is 17.5 Å². The van der Waals surface area contributed by atoms with Gasteiger partial charge >= 0.3 is 0 Å². The molecule has 23 heavy (non-hydrogen) atoms. The molecular weight excluding hydrogens is 319 g/mol. The SMILES string of the molecule is C[C@H]1C/C(=N\NC(=O)c2cccc(Cl)c2)c2c(O)ccc(F)c21. The second-order valence-electron chi connectivity index (χ2n) is 5.47. The maximum atomic E-state index is 13.9. The summed E-state index contributed by atoms with van der Waals surface area (Å²) in [6, 6.07) is 9.00. The number of nitrogens with zero attached hydrogens (tertiary/aromatic N) is 1. The van der Waals surface area contributed by atoms with E-state index >= 15 is 0 Å². The Morgan fingerprint density at radius 1 is 1.39 bits per heavy atom. The fourth-order valence-corrected chi connectivity index (χ4v) is 2.97. The third kappa shape index (κ3) is 2.92. The molecule has 0 heterocycles. The molecule has 0 saturated carbocycles. The van der Waals surface area contributed by atoms with Crippen molar-refractivity contribution < 1.29 is 14.3 Å². The predicted octanol–water partition coefficient (Wildman–Crippen LogP) is 3.83. The van der Waals surface area contributed by atoms with Gasteiger partial charge in [-0.2, -0.15) is 5.10 Å². The van der Waals surface area contributed by atoms with E-state index in [1.807, 2.05) is 6.92 Å². The second-order valence-corrected chi connectivity index (χ2v) is 5.91. The molecule has 1 aliphatic rings. The van der Waals surface area contributed by atoms with Crippen molar-refractivity contribution in [3.05, 3.63) is 63.9 Å². The van der Waals surface area contributed by atoms with E-state index in [2.05, 4.69) is 10.5 Å². The molecule has 1 atom stereocenters. The van der Waals surface area contributed by atoms with Crippen LogP contribution < -0.4 is 5.43 Å². The lowest BCUT2D eigenvalue weighted by atomic mass is 10.0. The lowest BCUT2D eigenvalue weighted by Crippen LogP contribution is -2.19. The summed E-state index contributed by atoms with van der Waals surface area (Å²) in [6.45, 7) is 1.85. The summed E-state index contributed by atoms with van der Waals surface area (Å²) in [5.74, 6) is -0.950. The lowest BCUT2D eigenvalue weighted by molar-refractivity contribution is 0.0954. The first-order valence-corrected chi connectivity index (χ1v) is 7.49. The number of aromatic hydroxyl groups is 1. The fourth-order valence-electron chi connectivity index (χ4n) is 2.78. The summed E-state index contributed by atoms with van der Waals surface area (Å²) in [6.07, 6.45) is 0.444. The number of nitrogens with one attached hydrogen (secondary N) is 1. The molecule has 0 saturated heterocycles. The molecule has 3 rings (SSSR count). The maximum absolute atomic E-state index is 13.9. The minimum absolute atomic E-state index is 0.0403. The summed E-state index contributed by atoms with van der Waals surface area (Å²) in [4.78, 5) is 12.1. The number of phenolic OH excluding ortho intramolecular Hbond substituents is 1. The molecule has 0 fully saturated rings. The Labute approximate surface area is 137 Å². The number of rotatable bonds is 2. The van der Waals surface area contributed by atoms with Crippen LogP contribution in [0.2, 0.25) is 5.02 Å².